The molecule has 3 atom stereocenters. The van der Waals surface area contributed by atoms with Crippen LogP contribution in [0.2, 0.25) is 18.1 Å². The van der Waals surface area contributed by atoms with E-state index in [9.17, 15) is 9.59 Å². The number of aryl methyl sites for hydroxylation is 1. The topological polar surface area (TPSA) is 77.1 Å². The fourth-order valence-corrected chi connectivity index (χ4v) is 7.67. The SMILES string of the molecule is COCCCCC(c1cccc(C(=O)N2C[C@H](O[Si](C)(C)C(C)(C)C)[C@H](NC(=O)OC(C)(C)C)C2)c1)c1cccc(F)c1-c1cccc(C)c1. The van der Waals surface area contributed by atoms with E-state index in [4.69, 9.17) is 13.9 Å². The number of halogens is 1. The molecule has 1 aliphatic heterocycles. The number of carbonyl (C=O) groups excluding carboxylic acids is 2. The Balaban J connectivity index is 1.68. The number of hydrogen-bond acceptors (Lipinski definition) is 5. The number of carbonyl (C=O) groups is 2. The number of benzene rings is 3. The van der Waals surface area contributed by atoms with Gasteiger partial charge in [0.05, 0.1) is 12.1 Å². The molecule has 1 N–H and O–H groups in total. The van der Waals surface area contributed by atoms with Crippen LogP contribution in [-0.4, -0.2) is 69.8 Å². The van der Waals surface area contributed by atoms with E-state index in [0.29, 0.717) is 30.8 Å². The predicted molar refractivity (Wildman–Crippen MR) is 202 cm³/mol. The summed E-state index contributed by atoms with van der Waals surface area (Å²) in [5, 5.41) is 2.95. The maximum atomic E-state index is 15.7. The Morgan fingerprint density at radius 3 is 2.32 bits per heavy atom. The lowest BCUT2D eigenvalue weighted by molar-refractivity contribution is 0.0466. The molecule has 1 heterocycles. The second kappa shape index (κ2) is 16.2. The van der Waals surface area contributed by atoms with Crippen molar-refractivity contribution < 1.29 is 27.9 Å². The first-order valence-corrected chi connectivity index (χ1v) is 20.7. The quantitative estimate of drug-likeness (QED) is 0.150. The first-order valence-electron chi connectivity index (χ1n) is 17.8. The van der Waals surface area contributed by atoms with Gasteiger partial charge in [0.15, 0.2) is 8.32 Å². The van der Waals surface area contributed by atoms with Gasteiger partial charge in [0.2, 0.25) is 0 Å². The van der Waals surface area contributed by atoms with Crippen molar-refractivity contribution in [2.45, 2.75) is 110 Å². The smallest absolute Gasteiger partial charge is 0.408 e. The molecule has 3 aromatic rings. The van der Waals surface area contributed by atoms with Crippen LogP contribution in [0.5, 0.6) is 0 Å². The lowest BCUT2D eigenvalue weighted by Gasteiger charge is -2.39. The zero-order valence-corrected chi connectivity index (χ0v) is 32.7. The summed E-state index contributed by atoms with van der Waals surface area (Å²) in [5.74, 6) is -0.559. The van der Waals surface area contributed by atoms with Crippen LogP contribution in [0.3, 0.4) is 0 Å². The number of nitrogens with zero attached hydrogens (tertiary/aromatic N) is 1. The van der Waals surface area contributed by atoms with E-state index in [1.54, 1.807) is 18.1 Å². The molecule has 50 heavy (non-hydrogen) atoms. The van der Waals surface area contributed by atoms with Crippen LogP contribution >= 0.6 is 0 Å². The van der Waals surface area contributed by atoms with Crippen molar-refractivity contribution in [2.75, 3.05) is 26.8 Å². The highest BCUT2D eigenvalue weighted by atomic mass is 28.4. The van der Waals surface area contributed by atoms with E-state index < -0.39 is 26.1 Å². The van der Waals surface area contributed by atoms with Gasteiger partial charge in [-0.15, -0.1) is 0 Å². The van der Waals surface area contributed by atoms with Crippen molar-refractivity contribution in [2.24, 2.45) is 0 Å². The third kappa shape index (κ3) is 10.0. The molecule has 2 amide bonds. The van der Waals surface area contributed by atoms with Crippen molar-refractivity contribution in [3.05, 3.63) is 94.8 Å². The Morgan fingerprint density at radius 2 is 1.66 bits per heavy atom. The van der Waals surface area contributed by atoms with E-state index in [1.165, 1.54) is 6.07 Å². The van der Waals surface area contributed by atoms with Gasteiger partial charge in [-0.3, -0.25) is 4.79 Å². The summed E-state index contributed by atoms with van der Waals surface area (Å²) in [5.41, 5.74) is 4.21. The van der Waals surface area contributed by atoms with Gasteiger partial charge in [0.25, 0.3) is 5.91 Å². The highest BCUT2D eigenvalue weighted by molar-refractivity contribution is 6.74. The zero-order chi connectivity index (χ0) is 36.9. The molecule has 3 aromatic carbocycles. The second-order valence-electron chi connectivity index (χ2n) is 16.1. The number of amides is 2. The minimum Gasteiger partial charge on any atom is -0.444 e. The lowest BCUT2D eigenvalue weighted by Crippen LogP contribution is -2.51. The third-order valence-electron chi connectivity index (χ3n) is 9.86. The van der Waals surface area contributed by atoms with Crippen LogP contribution in [-0.2, 0) is 13.9 Å². The Morgan fingerprint density at radius 1 is 0.960 bits per heavy atom. The fourth-order valence-electron chi connectivity index (χ4n) is 6.32. The molecule has 0 spiro atoms. The van der Waals surface area contributed by atoms with E-state index >= 15 is 4.39 Å². The van der Waals surface area contributed by atoms with E-state index in [-0.39, 0.29) is 28.8 Å². The number of methoxy groups -OCH3 is 1. The molecule has 0 radical (unpaired) electrons. The van der Waals surface area contributed by atoms with Crippen LogP contribution in [0.15, 0.2) is 66.7 Å². The van der Waals surface area contributed by atoms with Crippen molar-refractivity contribution in [1.29, 1.82) is 0 Å². The molecule has 0 saturated carbocycles. The molecular weight excluding hydrogens is 648 g/mol. The molecule has 0 aliphatic carbocycles. The maximum Gasteiger partial charge on any atom is 0.408 e. The summed E-state index contributed by atoms with van der Waals surface area (Å²) in [6, 6.07) is 20.5. The Labute approximate surface area is 300 Å². The number of nitrogens with one attached hydrogen (secondary N) is 1. The van der Waals surface area contributed by atoms with Gasteiger partial charge in [-0.05, 0) is 93.6 Å². The zero-order valence-electron chi connectivity index (χ0n) is 31.7. The highest BCUT2D eigenvalue weighted by Gasteiger charge is 2.45. The number of likely N-dealkylation sites (tertiary alicyclic amines) is 1. The van der Waals surface area contributed by atoms with Crippen LogP contribution < -0.4 is 5.32 Å². The molecule has 4 rings (SSSR count). The molecule has 1 fully saturated rings. The van der Waals surface area contributed by atoms with E-state index in [2.05, 4.69) is 39.2 Å². The Hall–Kier alpha value is -3.53. The highest BCUT2D eigenvalue weighted by Crippen LogP contribution is 2.40. The molecule has 0 bridgehead atoms. The predicted octanol–water partition coefficient (Wildman–Crippen LogP) is 9.49. The normalized spacial score (nSPS) is 17.5. The fraction of sp³-hybridized carbons (Fsp3) is 0.512. The minimum absolute atomic E-state index is 0.0539. The third-order valence-corrected chi connectivity index (χ3v) is 14.4. The number of rotatable bonds is 12. The standard InChI is InChI=1S/C41H57FN2O5Si/c1-28-16-13-18-30(24-28)37-33(21-15-22-34(37)42)32(20-11-12-23-47-8)29-17-14-19-31(25-29)38(45)44-26-35(43-39(46)48-40(2,3)4)36(27-44)49-50(9,10)41(5,6)7/h13-19,21-22,24-25,32,35-36H,11-12,20,23,26-27H2,1-10H3,(H,43,46)/t32?,35-,36+/m1/s1. The lowest BCUT2D eigenvalue weighted by atomic mass is 9.82. The first-order chi connectivity index (χ1) is 23.4. The van der Waals surface area contributed by atoms with Crippen molar-refractivity contribution in [3.8, 4) is 11.1 Å². The van der Waals surface area contributed by atoms with Crippen LogP contribution in [0, 0.1) is 12.7 Å². The van der Waals surface area contributed by atoms with Crippen LogP contribution in [0.1, 0.15) is 93.8 Å². The molecule has 0 aromatic heterocycles. The summed E-state index contributed by atoms with van der Waals surface area (Å²) in [4.78, 5) is 28.9. The van der Waals surface area contributed by atoms with Crippen molar-refractivity contribution in [3.63, 3.8) is 0 Å². The van der Waals surface area contributed by atoms with Crippen molar-refractivity contribution >= 4 is 20.3 Å². The second-order valence-corrected chi connectivity index (χ2v) is 20.9. The largest absolute Gasteiger partial charge is 0.444 e. The van der Waals surface area contributed by atoms with Gasteiger partial charge in [0, 0.05) is 43.9 Å². The molecule has 1 aliphatic rings. The van der Waals surface area contributed by atoms with Crippen LogP contribution in [0.4, 0.5) is 9.18 Å². The molecule has 9 heteroatoms. The summed E-state index contributed by atoms with van der Waals surface area (Å²) in [6.45, 7) is 19.6. The molecule has 1 saturated heterocycles. The average Bonchev–Trinajstić information content (AvgIpc) is 3.40. The molecule has 7 nitrogen and oxygen atoms in total. The summed E-state index contributed by atoms with van der Waals surface area (Å²) in [6.07, 6.45) is 1.59. The van der Waals surface area contributed by atoms with Gasteiger partial charge in [-0.25, -0.2) is 9.18 Å². The number of alkyl carbamates (subject to hydrolysis) is 1. The number of ether oxygens (including phenoxy) is 2. The summed E-state index contributed by atoms with van der Waals surface area (Å²) in [7, 11) is -0.548. The molecule has 272 valence electrons. The van der Waals surface area contributed by atoms with E-state index in [1.807, 2.05) is 82.3 Å². The van der Waals surface area contributed by atoms with Gasteiger partial charge in [-0.1, -0.05) is 81.3 Å². The van der Waals surface area contributed by atoms with Gasteiger partial charge < -0.3 is 24.1 Å². The monoisotopic (exact) mass is 704 g/mol. The van der Waals surface area contributed by atoms with Gasteiger partial charge >= 0.3 is 6.09 Å². The van der Waals surface area contributed by atoms with E-state index in [0.717, 1.165) is 41.5 Å². The van der Waals surface area contributed by atoms with Crippen LogP contribution in [0.25, 0.3) is 11.1 Å². The summed E-state index contributed by atoms with van der Waals surface area (Å²) >= 11 is 0. The average molecular weight is 705 g/mol. The molecular formula is C41H57FN2O5Si. The maximum absolute atomic E-state index is 15.7. The molecule has 1 unspecified atom stereocenters. The van der Waals surface area contributed by atoms with Crippen molar-refractivity contribution in [1.82, 2.24) is 10.2 Å². The number of hydrogen-bond donors (Lipinski definition) is 1. The Kier molecular flexibility index (Phi) is 12.7. The summed E-state index contributed by atoms with van der Waals surface area (Å²) < 4.78 is 33.4. The van der Waals surface area contributed by atoms with Gasteiger partial charge in [-0.2, -0.15) is 0 Å². The minimum atomic E-state index is -2.24. The van der Waals surface area contributed by atoms with Gasteiger partial charge in [0.1, 0.15) is 11.4 Å². The number of unbranched alkanes of at least 4 members (excludes halogenated alkanes) is 1. The first kappa shape index (κ1) is 39.3. The Bertz CT molecular complexity index is 1630.